The summed E-state index contributed by atoms with van der Waals surface area (Å²) in [7, 11) is 0. The van der Waals surface area contributed by atoms with E-state index in [1.165, 1.54) is 25.9 Å². The molecule has 2 aliphatic rings. The Morgan fingerprint density at radius 3 is 2.67 bits per heavy atom. The average Bonchev–Trinajstić information content (AvgIpc) is 2.65. The van der Waals surface area contributed by atoms with Gasteiger partial charge in [0.15, 0.2) is 0 Å². The van der Waals surface area contributed by atoms with Crippen LogP contribution >= 0.6 is 0 Å². The highest BCUT2D eigenvalue weighted by atomic mass is 16.1. The van der Waals surface area contributed by atoms with Gasteiger partial charge in [-0.25, -0.2) is 0 Å². The van der Waals surface area contributed by atoms with Crippen LogP contribution in [-0.2, 0) is 4.79 Å². The van der Waals surface area contributed by atoms with E-state index in [9.17, 15) is 4.79 Å². The number of piperidine rings is 1. The molecule has 4 heteroatoms. The second-order valence-corrected chi connectivity index (χ2v) is 4.58. The van der Waals surface area contributed by atoms with Crippen molar-refractivity contribution < 1.29 is 4.79 Å². The maximum Gasteiger partial charge on any atom is 0.221 e. The van der Waals surface area contributed by atoms with Crippen molar-refractivity contribution in [3.63, 3.8) is 0 Å². The third-order valence-electron chi connectivity index (χ3n) is 3.48. The topological polar surface area (TPSA) is 44.4 Å². The molecule has 0 saturated carbocycles. The molecule has 0 radical (unpaired) electrons. The van der Waals surface area contributed by atoms with Crippen LogP contribution in [0, 0.1) is 0 Å². The summed E-state index contributed by atoms with van der Waals surface area (Å²) in [5, 5.41) is 6.45. The molecule has 0 aromatic heterocycles. The number of carbonyl (C=O) groups excluding carboxylic acids is 1. The van der Waals surface area contributed by atoms with E-state index in [0.717, 1.165) is 13.1 Å². The normalized spacial score (nSPS) is 29.4. The highest BCUT2D eigenvalue weighted by molar-refractivity contribution is 5.78. The second-order valence-electron chi connectivity index (χ2n) is 4.58. The fourth-order valence-electron chi connectivity index (χ4n) is 2.47. The van der Waals surface area contributed by atoms with E-state index in [-0.39, 0.29) is 5.91 Å². The highest BCUT2D eigenvalue weighted by Gasteiger charge is 2.25. The van der Waals surface area contributed by atoms with Crippen molar-refractivity contribution >= 4 is 5.91 Å². The number of nitrogens with zero attached hydrogens (tertiary/aromatic N) is 1. The van der Waals surface area contributed by atoms with Crippen molar-refractivity contribution in [3.05, 3.63) is 0 Å². The van der Waals surface area contributed by atoms with E-state index < -0.39 is 0 Å². The molecular formula is C11H21N3O. The van der Waals surface area contributed by atoms with Crippen LogP contribution in [0.3, 0.4) is 0 Å². The highest BCUT2D eigenvalue weighted by Crippen LogP contribution is 2.12. The minimum absolute atomic E-state index is 0.193. The summed E-state index contributed by atoms with van der Waals surface area (Å²) < 4.78 is 0. The summed E-state index contributed by atoms with van der Waals surface area (Å²) in [6, 6.07) is 0.987. The lowest BCUT2D eigenvalue weighted by Crippen LogP contribution is -2.46. The maximum absolute atomic E-state index is 11.0. The van der Waals surface area contributed by atoms with E-state index in [0.29, 0.717) is 18.5 Å². The number of rotatable bonds is 3. The standard InChI is InChI=1S/C11H21N3O/c1-2-14-5-3-9(4-6-14)13-10-7-11(15)12-8-10/h9-10,13H,2-8H2,1H3,(H,12,15). The quantitative estimate of drug-likeness (QED) is 0.688. The molecule has 1 unspecified atom stereocenters. The van der Waals surface area contributed by atoms with Crippen molar-refractivity contribution in [2.24, 2.45) is 0 Å². The van der Waals surface area contributed by atoms with Gasteiger partial charge in [-0.3, -0.25) is 4.79 Å². The van der Waals surface area contributed by atoms with Crippen molar-refractivity contribution in [2.45, 2.75) is 38.3 Å². The Balaban J connectivity index is 1.70. The van der Waals surface area contributed by atoms with Crippen molar-refractivity contribution in [1.29, 1.82) is 0 Å². The van der Waals surface area contributed by atoms with Gasteiger partial charge in [-0.15, -0.1) is 0 Å². The Bertz CT molecular complexity index is 224. The van der Waals surface area contributed by atoms with Crippen LogP contribution in [0.4, 0.5) is 0 Å². The van der Waals surface area contributed by atoms with Gasteiger partial charge in [-0.1, -0.05) is 6.92 Å². The second kappa shape index (κ2) is 4.94. The molecule has 0 aromatic rings. The minimum Gasteiger partial charge on any atom is -0.354 e. The molecule has 2 N–H and O–H groups in total. The molecule has 1 atom stereocenters. The van der Waals surface area contributed by atoms with Gasteiger partial charge in [0.25, 0.3) is 0 Å². The van der Waals surface area contributed by atoms with E-state index >= 15 is 0 Å². The number of nitrogens with one attached hydrogen (secondary N) is 2. The van der Waals surface area contributed by atoms with Crippen molar-refractivity contribution in [2.75, 3.05) is 26.2 Å². The third kappa shape index (κ3) is 2.92. The largest absolute Gasteiger partial charge is 0.354 e. The lowest BCUT2D eigenvalue weighted by Gasteiger charge is -2.32. The average molecular weight is 211 g/mol. The first-order chi connectivity index (χ1) is 7.28. The van der Waals surface area contributed by atoms with Gasteiger partial charge in [0.05, 0.1) is 0 Å². The molecule has 1 amide bonds. The zero-order valence-electron chi connectivity index (χ0n) is 9.46. The molecule has 2 fully saturated rings. The fourth-order valence-corrected chi connectivity index (χ4v) is 2.47. The Morgan fingerprint density at radius 1 is 1.40 bits per heavy atom. The number of amides is 1. The Kier molecular flexibility index (Phi) is 3.59. The van der Waals surface area contributed by atoms with Gasteiger partial charge in [0.2, 0.25) is 5.91 Å². The maximum atomic E-state index is 11.0. The zero-order valence-corrected chi connectivity index (χ0v) is 9.46. The van der Waals surface area contributed by atoms with Gasteiger partial charge in [-0.05, 0) is 32.5 Å². The summed E-state index contributed by atoms with van der Waals surface area (Å²) in [5.74, 6) is 0.193. The Hall–Kier alpha value is -0.610. The van der Waals surface area contributed by atoms with E-state index in [4.69, 9.17) is 0 Å². The molecule has 2 rings (SSSR count). The number of carbonyl (C=O) groups is 1. The van der Waals surface area contributed by atoms with Crippen LogP contribution in [0.5, 0.6) is 0 Å². The van der Waals surface area contributed by atoms with Gasteiger partial charge in [0.1, 0.15) is 0 Å². The molecule has 15 heavy (non-hydrogen) atoms. The van der Waals surface area contributed by atoms with Crippen molar-refractivity contribution in [1.82, 2.24) is 15.5 Å². The van der Waals surface area contributed by atoms with Crippen LogP contribution in [0.25, 0.3) is 0 Å². The monoisotopic (exact) mass is 211 g/mol. The fraction of sp³-hybridized carbons (Fsp3) is 0.909. The molecule has 86 valence electrons. The lowest BCUT2D eigenvalue weighted by atomic mass is 10.0. The molecular weight excluding hydrogens is 190 g/mol. The molecule has 0 bridgehead atoms. The van der Waals surface area contributed by atoms with Crippen LogP contribution in [0.15, 0.2) is 0 Å². The molecule has 4 nitrogen and oxygen atoms in total. The van der Waals surface area contributed by atoms with Crippen LogP contribution in [-0.4, -0.2) is 49.1 Å². The summed E-state index contributed by atoms with van der Waals surface area (Å²) in [5.41, 5.74) is 0. The summed E-state index contributed by atoms with van der Waals surface area (Å²) in [6.07, 6.45) is 3.10. The smallest absolute Gasteiger partial charge is 0.221 e. The minimum atomic E-state index is 0.193. The predicted molar refractivity (Wildman–Crippen MR) is 59.7 cm³/mol. The number of likely N-dealkylation sites (tertiary alicyclic amines) is 1. The molecule has 0 aliphatic carbocycles. The van der Waals surface area contributed by atoms with Gasteiger partial charge < -0.3 is 15.5 Å². The predicted octanol–water partition coefficient (Wildman–Crippen LogP) is -0.0512. The molecule has 2 heterocycles. The van der Waals surface area contributed by atoms with Crippen LogP contribution in [0.1, 0.15) is 26.2 Å². The van der Waals surface area contributed by atoms with Gasteiger partial charge in [-0.2, -0.15) is 0 Å². The SMILES string of the molecule is CCN1CCC(NC2CNC(=O)C2)CC1. The summed E-state index contributed by atoms with van der Waals surface area (Å²) in [4.78, 5) is 13.5. The Morgan fingerprint density at radius 2 is 2.13 bits per heavy atom. The molecule has 0 spiro atoms. The van der Waals surface area contributed by atoms with E-state index in [2.05, 4.69) is 22.5 Å². The van der Waals surface area contributed by atoms with Crippen LogP contribution < -0.4 is 10.6 Å². The lowest BCUT2D eigenvalue weighted by molar-refractivity contribution is -0.119. The third-order valence-corrected chi connectivity index (χ3v) is 3.48. The van der Waals surface area contributed by atoms with E-state index in [1.54, 1.807) is 0 Å². The molecule has 2 saturated heterocycles. The first kappa shape index (κ1) is 10.9. The summed E-state index contributed by atoms with van der Waals surface area (Å²) >= 11 is 0. The van der Waals surface area contributed by atoms with Gasteiger partial charge >= 0.3 is 0 Å². The van der Waals surface area contributed by atoms with Crippen LogP contribution in [0.2, 0.25) is 0 Å². The molecule has 0 aromatic carbocycles. The first-order valence-corrected chi connectivity index (χ1v) is 6.03. The van der Waals surface area contributed by atoms with Gasteiger partial charge in [0, 0.05) is 25.0 Å². The molecule has 2 aliphatic heterocycles. The number of hydrogen-bond acceptors (Lipinski definition) is 3. The zero-order chi connectivity index (χ0) is 10.7. The summed E-state index contributed by atoms with van der Waals surface area (Å²) in [6.45, 7) is 6.58. The number of hydrogen-bond donors (Lipinski definition) is 2. The van der Waals surface area contributed by atoms with Crippen molar-refractivity contribution in [3.8, 4) is 0 Å². The van der Waals surface area contributed by atoms with E-state index in [1.807, 2.05) is 0 Å². The first-order valence-electron chi connectivity index (χ1n) is 6.03. The Labute approximate surface area is 91.4 Å².